The molecule has 1 heterocycles. The number of amides is 1. The Morgan fingerprint density at radius 1 is 1.15 bits per heavy atom. The molecule has 0 spiro atoms. The number of rotatable bonds is 3. The van der Waals surface area contributed by atoms with Gasteiger partial charge in [0, 0.05) is 27.0 Å². The molecule has 2 aromatic rings. The van der Waals surface area contributed by atoms with Crippen molar-refractivity contribution >= 4 is 52.1 Å². The maximum atomic E-state index is 13.1. The van der Waals surface area contributed by atoms with E-state index in [1.807, 2.05) is 0 Å². The molecule has 0 bridgehead atoms. The molecule has 0 saturated carbocycles. The minimum absolute atomic E-state index is 0.363. The topological polar surface area (TPSA) is 53.2 Å². The maximum absolute atomic E-state index is 13.1. The summed E-state index contributed by atoms with van der Waals surface area (Å²) in [6.45, 7) is 1.74. The lowest BCUT2D eigenvalue weighted by Gasteiger charge is -2.31. The number of hydrogen-bond acceptors (Lipinski definition) is 2. The van der Waals surface area contributed by atoms with Crippen LogP contribution in [0.5, 0.6) is 0 Å². The van der Waals surface area contributed by atoms with Crippen molar-refractivity contribution < 1.29 is 9.18 Å². The first-order valence-electron chi connectivity index (χ1n) is 7.66. The van der Waals surface area contributed by atoms with Gasteiger partial charge in [0.1, 0.15) is 5.82 Å². The van der Waals surface area contributed by atoms with Crippen LogP contribution in [0.2, 0.25) is 10.0 Å². The highest BCUT2D eigenvalue weighted by Crippen LogP contribution is 2.36. The van der Waals surface area contributed by atoms with Gasteiger partial charge < -0.3 is 16.0 Å². The van der Waals surface area contributed by atoms with Crippen LogP contribution < -0.4 is 16.0 Å². The van der Waals surface area contributed by atoms with Gasteiger partial charge in [-0.25, -0.2) is 4.39 Å². The van der Waals surface area contributed by atoms with Crippen molar-refractivity contribution in [3.63, 3.8) is 0 Å². The third-order valence-electron chi connectivity index (χ3n) is 3.90. The van der Waals surface area contributed by atoms with Crippen molar-refractivity contribution in [2.75, 3.05) is 5.32 Å². The van der Waals surface area contributed by atoms with E-state index >= 15 is 0 Å². The summed E-state index contributed by atoms with van der Waals surface area (Å²) >= 11 is 17.9. The number of nitrogens with one attached hydrogen (secondary N) is 3. The molecule has 2 aromatic carbocycles. The molecular formula is C18H14Cl2FN3OS. The van der Waals surface area contributed by atoms with Crippen LogP contribution in [-0.4, -0.2) is 11.0 Å². The summed E-state index contributed by atoms with van der Waals surface area (Å²) in [6.07, 6.45) is 0. The van der Waals surface area contributed by atoms with Crippen molar-refractivity contribution in [3.8, 4) is 0 Å². The van der Waals surface area contributed by atoms with E-state index < -0.39 is 6.04 Å². The van der Waals surface area contributed by atoms with E-state index in [1.54, 1.807) is 25.1 Å². The molecule has 1 aliphatic heterocycles. The van der Waals surface area contributed by atoms with Gasteiger partial charge in [0.05, 0.1) is 11.6 Å². The molecule has 26 heavy (non-hydrogen) atoms. The van der Waals surface area contributed by atoms with E-state index in [-0.39, 0.29) is 11.7 Å². The van der Waals surface area contributed by atoms with Crippen molar-refractivity contribution in [1.82, 2.24) is 10.6 Å². The van der Waals surface area contributed by atoms with Crippen LogP contribution >= 0.6 is 35.4 Å². The molecule has 1 amide bonds. The zero-order chi connectivity index (χ0) is 18.8. The molecule has 8 heteroatoms. The second kappa shape index (κ2) is 7.61. The number of hydrogen-bond donors (Lipinski definition) is 3. The Morgan fingerprint density at radius 2 is 1.77 bits per heavy atom. The predicted octanol–water partition coefficient (Wildman–Crippen LogP) is 4.56. The summed E-state index contributed by atoms with van der Waals surface area (Å²) in [7, 11) is 0. The van der Waals surface area contributed by atoms with E-state index in [0.29, 0.717) is 37.7 Å². The van der Waals surface area contributed by atoms with E-state index in [9.17, 15) is 9.18 Å². The average molecular weight is 410 g/mol. The minimum Gasteiger partial charge on any atom is -0.351 e. The Labute approximate surface area is 165 Å². The number of halogens is 3. The number of allylic oxidation sites excluding steroid dienone is 1. The van der Waals surface area contributed by atoms with Crippen molar-refractivity contribution in [3.05, 3.63) is 75.2 Å². The van der Waals surface area contributed by atoms with Gasteiger partial charge in [-0.2, -0.15) is 0 Å². The summed E-state index contributed by atoms with van der Waals surface area (Å²) in [5, 5.41) is 9.93. The van der Waals surface area contributed by atoms with E-state index in [1.165, 1.54) is 24.3 Å². The second-order valence-electron chi connectivity index (χ2n) is 5.67. The van der Waals surface area contributed by atoms with Crippen molar-refractivity contribution in [1.29, 1.82) is 0 Å². The van der Waals surface area contributed by atoms with Crippen LogP contribution in [0.25, 0.3) is 0 Å². The zero-order valence-corrected chi connectivity index (χ0v) is 15.9. The zero-order valence-electron chi connectivity index (χ0n) is 13.6. The Balaban J connectivity index is 2.00. The molecule has 3 rings (SSSR count). The van der Waals surface area contributed by atoms with Gasteiger partial charge in [-0.15, -0.1) is 0 Å². The molecule has 0 fully saturated rings. The summed E-state index contributed by atoms with van der Waals surface area (Å²) in [6, 6.07) is 10.00. The molecular weight excluding hydrogens is 396 g/mol. The first-order valence-corrected chi connectivity index (χ1v) is 8.82. The molecule has 134 valence electrons. The summed E-state index contributed by atoms with van der Waals surface area (Å²) in [4.78, 5) is 12.9. The van der Waals surface area contributed by atoms with Crippen molar-refractivity contribution in [2.45, 2.75) is 13.0 Å². The summed E-state index contributed by atoms with van der Waals surface area (Å²) in [5.41, 5.74) is 1.99. The molecule has 0 saturated heterocycles. The maximum Gasteiger partial charge on any atom is 0.255 e. The molecule has 0 aromatic heterocycles. The molecule has 4 nitrogen and oxygen atoms in total. The van der Waals surface area contributed by atoms with Crippen LogP contribution in [0.15, 0.2) is 53.7 Å². The van der Waals surface area contributed by atoms with Crippen molar-refractivity contribution in [2.24, 2.45) is 0 Å². The molecule has 1 aliphatic rings. The van der Waals surface area contributed by atoms with Crippen LogP contribution in [0, 0.1) is 5.82 Å². The Hall–Kier alpha value is -2.15. The number of thiocarbonyl (C=S) groups is 1. The van der Waals surface area contributed by atoms with Gasteiger partial charge in [0.2, 0.25) is 0 Å². The monoisotopic (exact) mass is 409 g/mol. The minimum atomic E-state index is -0.620. The van der Waals surface area contributed by atoms with E-state index in [4.69, 9.17) is 35.4 Å². The fraction of sp³-hybridized carbons (Fsp3) is 0.111. The quantitative estimate of drug-likeness (QED) is 0.650. The van der Waals surface area contributed by atoms with Gasteiger partial charge in [-0.1, -0.05) is 29.3 Å². The smallest absolute Gasteiger partial charge is 0.255 e. The fourth-order valence-electron chi connectivity index (χ4n) is 2.73. The summed E-state index contributed by atoms with van der Waals surface area (Å²) < 4.78 is 13.1. The fourth-order valence-corrected chi connectivity index (χ4v) is 3.62. The highest BCUT2D eigenvalue weighted by Gasteiger charge is 2.32. The largest absolute Gasteiger partial charge is 0.351 e. The third kappa shape index (κ3) is 3.82. The van der Waals surface area contributed by atoms with Gasteiger partial charge in [-0.05, 0) is 55.5 Å². The lowest BCUT2D eigenvalue weighted by atomic mass is 9.94. The van der Waals surface area contributed by atoms with Gasteiger partial charge in [0.25, 0.3) is 5.91 Å². The normalized spacial score (nSPS) is 16.8. The number of carbonyl (C=O) groups excluding carboxylic acids is 1. The molecule has 0 aliphatic carbocycles. The first kappa shape index (κ1) is 18.6. The molecule has 1 atom stereocenters. The van der Waals surface area contributed by atoms with E-state index in [2.05, 4.69) is 16.0 Å². The lowest BCUT2D eigenvalue weighted by molar-refractivity contribution is -0.113. The first-order chi connectivity index (χ1) is 12.4. The Morgan fingerprint density at radius 3 is 2.38 bits per heavy atom. The standard InChI is InChI=1S/C18H14Cl2FN3OS/c1-9-14(17(25)23-11-7-5-10(21)6-8-11)16(24-18(26)22-9)15-12(19)3-2-4-13(15)20/h2-8,16H,1H3,(H,23,25)(H2,22,24,26)/t16-/m1/s1. The highest BCUT2D eigenvalue weighted by atomic mass is 35.5. The molecule has 0 radical (unpaired) electrons. The molecule has 0 unspecified atom stereocenters. The lowest BCUT2D eigenvalue weighted by Crippen LogP contribution is -2.46. The highest BCUT2D eigenvalue weighted by molar-refractivity contribution is 7.80. The van der Waals surface area contributed by atoms with Gasteiger partial charge in [-0.3, -0.25) is 4.79 Å². The number of anilines is 1. The number of carbonyl (C=O) groups is 1. The predicted molar refractivity (Wildman–Crippen MR) is 106 cm³/mol. The summed E-state index contributed by atoms with van der Waals surface area (Å²) in [5.74, 6) is -0.761. The van der Waals surface area contributed by atoms with Gasteiger partial charge in [0.15, 0.2) is 5.11 Å². The Bertz CT molecular complexity index is 895. The van der Waals surface area contributed by atoms with Crippen LogP contribution in [0.3, 0.4) is 0 Å². The van der Waals surface area contributed by atoms with Crippen LogP contribution in [0.4, 0.5) is 10.1 Å². The van der Waals surface area contributed by atoms with Crippen LogP contribution in [0.1, 0.15) is 18.5 Å². The van der Waals surface area contributed by atoms with E-state index in [0.717, 1.165) is 0 Å². The van der Waals surface area contributed by atoms with Crippen LogP contribution in [-0.2, 0) is 4.79 Å². The Kier molecular flexibility index (Phi) is 5.46. The average Bonchev–Trinajstić information content (AvgIpc) is 2.56. The SMILES string of the molecule is CC1=C(C(=O)Nc2ccc(F)cc2)[C@H](c2c(Cl)cccc2Cl)NC(=S)N1. The molecule has 3 N–H and O–H groups in total. The second-order valence-corrected chi connectivity index (χ2v) is 6.89. The third-order valence-corrected chi connectivity index (χ3v) is 4.78. The number of benzene rings is 2. The van der Waals surface area contributed by atoms with Gasteiger partial charge >= 0.3 is 0 Å².